The van der Waals surface area contributed by atoms with E-state index in [-0.39, 0.29) is 17.5 Å². The van der Waals surface area contributed by atoms with Crippen LogP contribution in [0.4, 0.5) is 0 Å². The summed E-state index contributed by atoms with van der Waals surface area (Å²) in [5.74, 6) is -1.09. The Morgan fingerprint density at radius 3 is 2.40 bits per heavy atom. The van der Waals surface area contributed by atoms with E-state index in [4.69, 9.17) is 17.0 Å². The Kier molecular flexibility index (Phi) is 5.46. The van der Waals surface area contributed by atoms with E-state index >= 15 is 0 Å². The lowest BCUT2D eigenvalue weighted by Crippen LogP contribution is -2.51. The number of rotatable bonds is 3. The number of nitriles is 1. The fourth-order valence-corrected chi connectivity index (χ4v) is 4.93. The molecule has 3 atom stereocenters. The molecule has 0 spiro atoms. The number of hydrazine groups is 1. The Morgan fingerprint density at radius 1 is 1.10 bits per heavy atom. The SMILES string of the molecule is CN(C)N1C(=N)C(C#N)C(c2ccccc2Cl)C2=C1CC(c1ccccc1)CC2=O. The van der Waals surface area contributed by atoms with E-state index in [1.54, 1.807) is 16.1 Å². The number of nitrogens with one attached hydrogen (secondary N) is 1. The molecule has 152 valence electrons. The van der Waals surface area contributed by atoms with Crippen molar-refractivity contribution in [1.29, 1.82) is 10.7 Å². The van der Waals surface area contributed by atoms with Crippen molar-refractivity contribution in [2.24, 2.45) is 5.92 Å². The van der Waals surface area contributed by atoms with Gasteiger partial charge in [0.15, 0.2) is 5.78 Å². The fraction of sp³-hybridized carbons (Fsp3) is 0.292. The van der Waals surface area contributed by atoms with Crippen LogP contribution in [0.15, 0.2) is 65.9 Å². The first-order valence-corrected chi connectivity index (χ1v) is 10.3. The first-order valence-electron chi connectivity index (χ1n) is 9.95. The van der Waals surface area contributed by atoms with Gasteiger partial charge in [-0.25, -0.2) is 5.01 Å². The van der Waals surface area contributed by atoms with Gasteiger partial charge < -0.3 is 0 Å². The van der Waals surface area contributed by atoms with E-state index in [1.165, 1.54) is 0 Å². The second kappa shape index (κ2) is 8.06. The number of carbonyl (C=O) groups is 1. The molecule has 0 amide bonds. The number of halogens is 1. The lowest BCUT2D eigenvalue weighted by Gasteiger charge is -2.46. The van der Waals surface area contributed by atoms with E-state index in [1.807, 2.05) is 62.6 Å². The number of nitrogens with zero attached hydrogens (tertiary/aromatic N) is 3. The number of amidine groups is 1. The van der Waals surface area contributed by atoms with E-state index in [0.29, 0.717) is 23.4 Å². The zero-order valence-corrected chi connectivity index (χ0v) is 17.7. The van der Waals surface area contributed by atoms with E-state index < -0.39 is 11.8 Å². The van der Waals surface area contributed by atoms with Crippen molar-refractivity contribution in [3.8, 4) is 6.07 Å². The molecule has 5 nitrogen and oxygen atoms in total. The Balaban J connectivity index is 1.91. The van der Waals surface area contributed by atoms with Gasteiger partial charge in [-0.1, -0.05) is 60.1 Å². The molecule has 0 saturated heterocycles. The standard InChI is InChI=1S/C24H23ClN4O/c1-28(2)29-20-12-16(15-8-4-3-5-9-15)13-21(30)23(20)22(18(14-26)24(29)27)17-10-6-7-11-19(17)25/h3-11,16,18,22,27H,12-13H2,1-2H3. The van der Waals surface area contributed by atoms with Gasteiger partial charge >= 0.3 is 0 Å². The molecule has 30 heavy (non-hydrogen) atoms. The first-order chi connectivity index (χ1) is 14.4. The maximum Gasteiger partial charge on any atom is 0.161 e. The predicted octanol–water partition coefficient (Wildman–Crippen LogP) is 4.73. The average Bonchev–Trinajstić information content (AvgIpc) is 2.73. The molecule has 4 rings (SSSR count). The molecule has 6 heteroatoms. The average molecular weight is 419 g/mol. The molecule has 1 heterocycles. The van der Waals surface area contributed by atoms with Crippen LogP contribution in [0.5, 0.6) is 0 Å². The first kappa shape index (κ1) is 20.3. The molecule has 0 radical (unpaired) electrons. The van der Waals surface area contributed by atoms with Gasteiger partial charge in [0.25, 0.3) is 0 Å². The van der Waals surface area contributed by atoms with Gasteiger partial charge in [-0.05, 0) is 29.5 Å². The molecule has 0 bridgehead atoms. The molecule has 0 saturated carbocycles. The molecule has 3 unspecified atom stereocenters. The van der Waals surface area contributed by atoms with Crippen molar-refractivity contribution in [3.05, 3.63) is 82.0 Å². The Morgan fingerprint density at radius 2 is 1.77 bits per heavy atom. The van der Waals surface area contributed by atoms with Crippen molar-refractivity contribution >= 4 is 23.2 Å². The van der Waals surface area contributed by atoms with Crippen LogP contribution in [0, 0.1) is 22.7 Å². The van der Waals surface area contributed by atoms with Crippen molar-refractivity contribution in [1.82, 2.24) is 10.0 Å². The number of hydrogen-bond acceptors (Lipinski definition) is 4. The molecule has 0 aromatic heterocycles. The van der Waals surface area contributed by atoms with Crippen LogP contribution in [0.1, 0.15) is 35.8 Å². The van der Waals surface area contributed by atoms with Crippen LogP contribution < -0.4 is 0 Å². The smallest absolute Gasteiger partial charge is 0.161 e. The van der Waals surface area contributed by atoms with Crippen LogP contribution >= 0.6 is 11.6 Å². The lowest BCUT2D eigenvalue weighted by atomic mass is 9.69. The number of ketones is 1. The van der Waals surface area contributed by atoms with Crippen molar-refractivity contribution in [2.75, 3.05) is 14.1 Å². The molecular formula is C24H23ClN4O. The minimum Gasteiger partial charge on any atom is -0.294 e. The quantitative estimate of drug-likeness (QED) is 0.781. The van der Waals surface area contributed by atoms with Gasteiger partial charge in [0, 0.05) is 42.7 Å². The third-order valence-corrected chi connectivity index (χ3v) is 6.30. The number of allylic oxidation sites excluding steroid dienone is 2. The highest BCUT2D eigenvalue weighted by molar-refractivity contribution is 6.31. The predicted molar refractivity (Wildman–Crippen MR) is 117 cm³/mol. The van der Waals surface area contributed by atoms with Crippen LogP contribution in [0.3, 0.4) is 0 Å². The topological polar surface area (TPSA) is 71.2 Å². The molecule has 1 aliphatic heterocycles. The molecule has 1 N–H and O–H groups in total. The van der Waals surface area contributed by atoms with Crippen LogP contribution in [0.25, 0.3) is 0 Å². The Labute approximate surface area is 181 Å². The summed E-state index contributed by atoms with van der Waals surface area (Å²) < 4.78 is 0. The van der Waals surface area contributed by atoms with Crippen molar-refractivity contribution in [2.45, 2.75) is 24.7 Å². The normalized spacial score (nSPS) is 24.1. The monoisotopic (exact) mass is 418 g/mol. The van der Waals surface area contributed by atoms with Gasteiger partial charge in [-0.15, -0.1) is 0 Å². The van der Waals surface area contributed by atoms with Gasteiger partial charge in [0.1, 0.15) is 11.8 Å². The summed E-state index contributed by atoms with van der Waals surface area (Å²) >= 11 is 6.49. The largest absolute Gasteiger partial charge is 0.294 e. The third kappa shape index (κ3) is 3.32. The summed E-state index contributed by atoms with van der Waals surface area (Å²) in [6, 6.07) is 19.6. The maximum absolute atomic E-state index is 13.5. The van der Waals surface area contributed by atoms with Gasteiger partial charge in [0.05, 0.1) is 6.07 Å². The highest BCUT2D eigenvalue weighted by Gasteiger charge is 2.47. The second-order valence-corrected chi connectivity index (χ2v) is 8.36. The van der Waals surface area contributed by atoms with Gasteiger partial charge in [-0.2, -0.15) is 5.26 Å². The fourth-order valence-electron chi connectivity index (χ4n) is 4.68. The van der Waals surface area contributed by atoms with Crippen LogP contribution in [-0.2, 0) is 4.79 Å². The molecule has 2 aromatic rings. The van der Waals surface area contributed by atoms with Gasteiger partial charge in [-0.3, -0.25) is 15.2 Å². The van der Waals surface area contributed by atoms with E-state index in [9.17, 15) is 10.1 Å². The zero-order valence-electron chi connectivity index (χ0n) is 17.0. The van der Waals surface area contributed by atoms with Crippen molar-refractivity contribution < 1.29 is 4.79 Å². The highest BCUT2D eigenvalue weighted by atomic mass is 35.5. The zero-order chi connectivity index (χ0) is 21.4. The number of hydrogen-bond donors (Lipinski definition) is 1. The minimum absolute atomic E-state index is 0.0228. The third-order valence-electron chi connectivity index (χ3n) is 5.96. The Bertz CT molecular complexity index is 1070. The van der Waals surface area contributed by atoms with Gasteiger partial charge in [0.2, 0.25) is 0 Å². The molecular weight excluding hydrogens is 396 g/mol. The number of benzene rings is 2. The summed E-state index contributed by atoms with van der Waals surface area (Å²) in [6.45, 7) is 0. The summed E-state index contributed by atoms with van der Waals surface area (Å²) in [4.78, 5) is 13.5. The van der Waals surface area contributed by atoms with E-state index in [2.05, 4.69) is 6.07 Å². The maximum atomic E-state index is 13.5. The van der Waals surface area contributed by atoms with Crippen LogP contribution in [-0.4, -0.2) is 35.7 Å². The summed E-state index contributed by atoms with van der Waals surface area (Å²) in [7, 11) is 3.67. The molecule has 1 aliphatic carbocycles. The summed E-state index contributed by atoms with van der Waals surface area (Å²) in [6.07, 6.45) is 1.02. The van der Waals surface area contributed by atoms with Crippen LogP contribution in [0.2, 0.25) is 5.02 Å². The number of carbonyl (C=O) groups excluding carboxylic acids is 1. The molecule has 2 aromatic carbocycles. The second-order valence-electron chi connectivity index (χ2n) is 7.95. The lowest BCUT2D eigenvalue weighted by molar-refractivity contribution is -0.117. The number of Topliss-reactive ketones (excluding diaryl/α,β-unsaturated/α-hetero) is 1. The Hall–Kier alpha value is -2.94. The molecule has 2 aliphatic rings. The molecule has 0 fully saturated rings. The van der Waals surface area contributed by atoms with Crippen molar-refractivity contribution in [3.63, 3.8) is 0 Å². The summed E-state index contributed by atoms with van der Waals surface area (Å²) in [5.41, 5.74) is 3.25. The minimum atomic E-state index is -0.789. The highest BCUT2D eigenvalue weighted by Crippen LogP contribution is 2.49. The summed E-state index contributed by atoms with van der Waals surface area (Å²) in [5, 5.41) is 22.8. The van der Waals surface area contributed by atoms with E-state index in [0.717, 1.165) is 16.8 Å².